The molecule has 0 saturated heterocycles. The van der Waals surface area contributed by atoms with Crippen LogP contribution in [0.3, 0.4) is 0 Å². The number of carbonyl (C=O) groups excluding carboxylic acids is 3. The van der Waals surface area contributed by atoms with Crippen LogP contribution in [0.5, 0.6) is 0 Å². The van der Waals surface area contributed by atoms with E-state index < -0.39 is 29.7 Å². The third-order valence-corrected chi connectivity index (χ3v) is 5.88. The van der Waals surface area contributed by atoms with E-state index >= 15 is 0 Å². The van der Waals surface area contributed by atoms with E-state index in [4.69, 9.17) is 15.7 Å². The van der Waals surface area contributed by atoms with Crippen molar-refractivity contribution in [1.29, 1.82) is 5.26 Å². The van der Waals surface area contributed by atoms with Crippen molar-refractivity contribution >= 4 is 18.0 Å². The fourth-order valence-electron chi connectivity index (χ4n) is 4.12. The number of amides is 4. The van der Waals surface area contributed by atoms with E-state index in [0.29, 0.717) is 18.4 Å². The number of benzene rings is 2. The zero-order chi connectivity index (χ0) is 25.6. The molecule has 0 aromatic heterocycles. The predicted molar refractivity (Wildman–Crippen MR) is 132 cm³/mol. The highest BCUT2D eigenvalue weighted by atomic mass is 16.6. The summed E-state index contributed by atoms with van der Waals surface area (Å²) in [6.45, 7) is 5.22. The van der Waals surface area contributed by atoms with Crippen LogP contribution < -0.4 is 11.1 Å². The number of ether oxygens (including phenoxy) is 1. The molecule has 1 atom stereocenters. The number of nitrogens with zero attached hydrogens (tertiary/aromatic N) is 2. The second-order valence-electron chi connectivity index (χ2n) is 9.78. The van der Waals surface area contributed by atoms with Crippen molar-refractivity contribution in [2.45, 2.75) is 70.6 Å². The molecule has 0 radical (unpaired) electrons. The highest BCUT2D eigenvalue weighted by molar-refractivity contribution is 5.94. The van der Waals surface area contributed by atoms with Gasteiger partial charge in [0.25, 0.3) is 0 Å². The van der Waals surface area contributed by atoms with E-state index in [1.807, 2.05) is 36.4 Å². The minimum atomic E-state index is -0.991. The lowest BCUT2D eigenvalue weighted by atomic mass is 10.00. The molecule has 2 aromatic rings. The first-order chi connectivity index (χ1) is 16.6. The number of hydrogen-bond acceptors (Lipinski definition) is 5. The Hall–Kier alpha value is -3.86. The van der Waals surface area contributed by atoms with Crippen molar-refractivity contribution in [3.8, 4) is 17.2 Å². The molecule has 3 N–H and O–H groups in total. The number of hydrogen-bond donors (Lipinski definition) is 2. The van der Waals surface area contributed by atoms with Crippen molar-refractivity contribution < 1.29 is 19.1 Å². The molecule has 1 aliphatic carbocycles. The molecule has 0 heterocycles. The molecular weight excluding hydrogens is 444 g/mol. The minimum Gasteiger partial charge on any atom is -0.443 e. The molecule has 0 aliphatic heterocycles. The summed E-state index contributed by atoms with van der Waals surface area (Å²) in [5.41, 5.74) is 8.14. The Labute approximate surface area is 206 Å². The van der Waals surface area contributed by atoms with Gasteiger partial charge in [-0.25, -0.2) is 14.5 Å². The van der Waals surface area contributed by atoms with Crippen LogP contribution in [0.1, 0.15) is 57.6 Å². The van der Waals surface area contributed by atoms with Gasteiger partial charge < -0.3 is 15.8 Å². The van der Waals surface area contributed by atoms with Gasteiger partial charge in [-0.3, -0.25) is 4.79 Å². The maximum Gasteiger partial charge on any atom is 0.418 e. The molecule has 0 bridgehead atoms. The lowest BCUT2D eigenvalue weighted by Crippen LogP contribution is -2.55. The molecule has 8 heteroatoms. The Balaban J connectivity index is 1.72. The third-order valence-electron chi connectivity index (χ3n) is 5.88. The van der Waals surface area contributed by atoms with Crippen LogP contribution in [0.2, 0.25) is 0 Å². The fraction of sp³-hybridized carbons (Fsp3) is 0.407. The van der Waals surface area contributed by atoms with Crippen LogP contribution in [0.25, 0.3) is 11.1 Å². The molecule has 0 unspecified atom stereocenters. The van der Waals surface area contributed by atoms with Crippen LogP contribution in [-0.2, 0) is 16.0 Å². The molecule has 1 saturated carbocycles. The summed E-state index contributed by atoms with van der Waals surface area (Å²) < 4.78 is 5.46. The summed E-state index contributed by atoms with van der Waals surface area (Å²) in [4.78, 5) is 39.2. The Morgan fingerprint density at radius 3 is 2.09 bits per heavy atom. The van der Waals surface area contributed by atoms with E-state index in [2.05, 4.69) is 11.4 Å². The summed E-state index contributed by atoms with van der Waals surface area (Å²) in [5, 5.41) is 11.6. The van der Waals surface area contributed by atoms with Crippen molar-refractivity contribution in [1.82, 2.24) is 10.2 Å². The second-order valence-corrected chi connectivity index (χ2v) is 9.78. The summed E-state index contributed by atoms with van der Waals surface area (Å²) >= 11 is 0. The fourth-order valence-corrected chi connectivity index (χ4v) is 4.12. The smallest absolute Gasteiger partial charge is 0.418 e. The molecule has 3 rings (SSSR count). The van der Waals surface area contributed by atoms with Crippen LogP contribution >= 0.6 is 0 Å². The SMILES string of the molecule is CC(C)(C)OC(=O)N(C(=O)N[C@@H](Cc1ccc(-c2ccc(C#N)cc2)cc1)C(N)=O)C1CCCC1. The lowest BCUT2D eigenvalue weighted by Gasteiger charge is -2.31. The summed E-state index contributed by atoms with van der Waals surface area (Å²) in [6.07, 6.45) is 2.69. The van der Waals surface area contributed by atoms with Crippen LogP contribution in [0, 0.1) is 11.3 Å². The molecule has 4 amide bonds. The Kier molecular flexibility index (Phi) is 8.13. The molecular formula is C27H32N4O4. The van der Waals surface area contributed by atoms with Crippen molar-refractivity contribution in [2.24, 2.45) is 5.73 Å². The van der Waals surface area contributed by atoms with Gasteiger partial charge >= 0.3 is 12.1 Å². The number of primary amides is 1. The van der Waals surface area contributed by atoms with Gasteiger partial charge in [-0.1, -0.05) is 49.2 Å². The zero-order valence-corrected chi connectivity index (χ0v) is 20.4. The minimum absolute atomic E-state index is 0.182. The molecule has 0 spiro atoms. The van der Waals surface area contributed by atoms with Crippen LogP contribution in [-0.4, -0.2) is 40.6 Å². The van der Waals surface area contributed by atoms with Crippen molar-refractivity contribution in [3.63, 3.8) is 0 Å². The van der Waals surface area contributed by atoms with Crippen molar-refractivity contribution in [3.05, 3.63) is 59.7 Å². The van der Waals surface area contributed by atoms with Gasteiger partial charge in [0, 0.05) is 12.5 Å². The summed E-state index contributed by atoms with van der Waals surface area (Å²) in [6, 6.07) is 14.9. The van der Waals surface area contributed by atoms with E-state index in [9.17, 15) is 14.4 Å². The van der Waals surface area contributed by atoms with Gasteiger partial charge in [0.15, 0.2) is 0 Å². The number of rotatable bonds is 6. The Morgan fingerprint density at radius 1 is 1.06 bits per heavy atom. The molecule has 2 aromatic carbocycles. The lowest BCUT2D eigenvalue weighted by molar-refractivity contribution is -0.119. The number of imide groups is 1. The molecule has 184 valence electrons. The van der Waals surface area contributed by atoms with Gasteiger partial charge in [-0.2, -0.15) is 5.26 Å². The number of nitriles is 1. The topological polar surface area (TPSA) is 126 Å². The standard InChI is InChI=1S/C27H32N4O4/c1-27(2,3)35-26(34)31(22-6-4-5-7-22)25(33)30-23(24(29)32)16-18-8-12-20(13-9-18)21-14-10-19(17-28)11-15-21/h8-15,22-23H,4-7,16H2,1-3H3,(H2,29,32)(H,30,33)/t23-/m0/s1. The number of urea groups is 1. The first-order valence-corrected chi connectivity index (χ1v) is 11.8. The number of nitrogens with one attached hydrogen (secondary N) is 1. The molecule has 8 nitrogen and oxygen atoms in total. The summed E-state index contributed by atoms with van der Waals surface area (Å²) in [7, 11) is 0. The average Bonchev–Trinajstić information content (AvgIpc) is 3.32. The zero-order valence-electron chi connectivity index (χ0n) is 20.4. The largest absolute Gasteiger partial charge is 0.443 e. The van der Waals surface area contributed by atoms with Gasteiger partial charge in [0.2, 0.25) is 5.91 Å². The van der Waals surface area contributed by atoms with E-state index in [-0.39, 0.29) is 12.5 Å². The third kappa shape index (κ3) is 7.06. The van der Waals surface area contributed by atoms with Gasteiger partial charge in [0.1, 0.15) is 11.6 Å². The Bertz CT molecular complexity index is 1090. The van der Waals surface area contributed by atoms with Crippen LogP contribution in [0.4, 0.5) is 9.59 Å². The first-order valence-electron chi connectivity index (χ1n) is 11.8. The van der Waals surface area contributed by atoms with Crippen molar-refractivity contribution in [2.75, 3.05) is 0 Å². The number of nitrogens with two attached hydrogens (primary N) is 1. The average molecular weight is 477 g/mol. The van der Waals surface area contributed by atoms with Gasteiger partial charge in [0.05, 0.1) is 11.6 Å². The highest BCUT2D eigenvalue weighted by Crippen LogP contribution is 2.26. The Morgan fingerprint density at radius 2 is 1.60 bits per heavy atom. The molecule has 1 aliphatic rings. The summed E-state index contributed by atoms with van der Waals surface area (Å²) in [5.74, 6) is -0.690. The monoisotopic (exact) mass is 476 g/mol. The van der Waals surface area contributed by atoms with Gasteiger partial charge in [-0.15, -0.1) is 0 Å². The van der Waals surface area contributed by atoms with Gasteiger partial charge in [-0.05, 0) is 62.4 Å². The molecule has 35 heavy (non-hydrogen) atoms. The first kappa shape index (κ1) is 25.8. The van der Waals surface area contributed by atoms with E-state index in [0.717, 1.165) is 34.4 Å². The maximum absolute atomic E-state index is 13.1. The number of carbonyl (C=O) groups is 3. The second kappa shape index (κ2) is 11.0. The highest BCUT2D eigenvalue weighted by Gasteiger charge is 2.36. The normalized spacial score (nSPS) is 14.6. The van der Waals surface area contributed by atoms with E-state index in [1.54, 1.807) is 32.9 Å². The molecule has 1 fully saturated rings. The predicted octanol–water partition coefficient (Wildman–Crippen LogP) is 4.51. The van der Waals surface area contributed by atoms with E-state index in [1.165, 1.54) is 0 Å². The quantitative estimate of drug-likeness (QED) is 0.634. The van der Waals surface area contributed by atoms with Crippen LogP contribution in [0.15, 0.2) is 48.5 Å². The maximum atomic E-state index is 13.1.